The molecular weight excluding hydrogens is 753 g/mol. The van der Waals surface area contributed by atoms with E-state index >= 15 is 0 Å². The molecule has 1 saturated heterocycles. The second-order valence-corrected chi connectivity index (χ2v) is 16.1. The van der Waals surface area contributed by atoms with Crippen molar-refractivity contribution < 1.29 is 56.8 Å². The number of hydrogen-bond donors (Lipinski definition) is 4. The summed E-state index contributed by atoms with van der Waals surface area (Å²) in [7, 11) is -4.60. The zero-order chi connectivity index (χ0) is 42.0. The molecule has 12 nitrogen and oxygen atoms in total. The molecule has 13 heteroatoms. The third kappa shape index (κ3) is 29.2. The summed E-state index contributed by atoms with van der Waals surface area (Å²) < 4.78 is 53.9. The summed E-state index contributed by atoms with van der Waals surface area (Å²) in [6, 6.07) is 0. The first-order valence-electron chi connectivity index (χ1n) is 21.3. The predicted octanol–water partition coefficient (Wildman–Crippen LogP) is 8.17. The van der Waals surface area contributed by atoms with E-state index in [4.69, 9.17) is 18.9 Å². The third-order valence-electron chi connectivity index (χ3n) is 9.36. The summed E-state index contributed by atoms with van der Waals surface area (Å²) >= 11 is 0. The second kappa shape index (κ2) is 34.2. The lowest BCUT2D eigenvalue weighted by Crippen LogP contribution is -2.60. The van der Waals surface area contributed by atoms with E-state index in [1.54, 1.807) is 0 Å². The molecule has 1 rings (SSSR count). The van der Waals surface area contributed by atoms with Crippen LogP contribution < -0.4 is 0 Å². The Balaban J connectivity index is 2.47. The van der Waals surface area contributed by atoms with Gasteiger partial charge >= 0.3 is 11.9 Å². The van der Waals surface area contributed by atoms with Crippen LogP contribution in [0, 0.1) is 0 Å². The molecular formula is C44H74O12S. The summed E-state index contributed by atoms with van der Waals surface area (Å²) in [5, 5.41) is 30.8. The molecule has 0 bridgehead atoms. The van der Waals surface area contributed by atoms with Crippen molar-refractivity contribution >= 4 is 22.1 Å². The fourth-order valence-corrected chi connectivity index (χ4v) is 6.75. The Bertz CT molecular complexity index is 1290. The Morgan fingerprint density at radius 2 is 1.11 bits per heavy atom. The van der Waals surface area contributed by atoms with Crippen LogP contribution in [0.5, 0.6) is 0 Å². The number of carbonyl (C=O) groups excluding carboxylic acids is 2. The largest absolute Gasteiger partial charge is 0.462 e. The number of esters is 2. The maximum atomic E-state index is 12.7. The highest BCUT2D eigenvalue weighted by Crippen LogP contribution is 2.24. The van der Waals surface area contributed by atoms with Crippen LogP contribution in [-0.2, 0) is 38.7 Å². The van der Waals surface area contributed by atoms with Crippen LogP contribution in [0.1, 0.15) is 149 Å². The maximum Gasteiger partial charge on any atom is 0.306 e. The number of unbranched alkanes of at least 4 members (excludes halogenated alkanes) is 12. The average Bonchev–Trinajstić information content (AvgIpc) is 3.17. The molecule has 328 valence electrons. The number of rotatable bonds is 34. The normalized spacial score (nSPS) is 21.1. The summed E-state index contributed by atoms with van der Waals surface area (Å²) in [6.45, 7) is 3.58. The minimum atomic E-state index is -4.60. The number of aliphatic hydroxyl groups is 3. The van der Waals surface area contributed by atoms with Crippen molar-refractivity contribution in [2.24, 2.45) is 0 Å². The lowest BCUT2D eigenvalue weighted by molar-refractivity contribution is -0.297. The molecule has 6 atom stereocenters. The van der Waals surface area contributed by atoms with Gasteiger partial charge in [0.1, 0.15) is 36.8 Å². The highest BCUT2D eigenvalue weighted by molar-refractivity contribution is 7.85. The highest BCUT2D eigenvalue weighted by atomic mass is 32.2. The number of allylic oxidation sites excluding steroid dienone is 10. The molecule has 1 aliphatic rings. The van der Waals surface area contributed by atoms with Gasteiger partial charge in [-0.05, 0) is 57.8 Å². The molecule has 57 heavy (non-hydrogen) atoms. The minimum Gasteiger partial charge on any atom is -0.462 e. The van der Waals surface area contributed by atoms with Gasteiger partial charge in [-0.3, -0.25) is 14.1 Å². The Hall–Kier alpha value is -2.65. The van der Waals surface area contributed by atoms with Crippen molar-refractivity contribution in [2.75, 3.05) is 19.0 Å². The van der Waals surface area contributed by atoms with Crippen molar-refractivity contribution in [3.05, 3.63) is 60.8 Å². The number of aliphatic hydroxyl groups excluding tert-OH is 3. The van der Waals surface area contributed by atoms with E-state index in [0.717, 1.165) is 70.6 Å². The zero-order valence-electron chi connectivity index (χ0n) is 34.7. The quantitative estimate of drug-likeness (QED) is 0.0211. The van der Waals surface area contributed by atoms with E-state index in [2.05, 4.69) is 74.6 Å². The van der Waals surface area contributed by atoms with Crippen molar-refractivity contribution in [2.45, 2.75) is 185 Å². The Morgan fingerprint density at radius 1 is 0.614 bits per heavy atom. The molecule has 0 aromatic carbocycles. The van der Waals surface area contributed by atoms with Crippen LogP contribution >= 0.6 is 0 Å². The Kier molecular flexibility index (Phi) is 31.5. The van der Waals surface area contributed by atoms with Crippen molar-refractivity contribution in [1.29, 1.82) is 0 Å². The molecule has 1 fully saturated rings. The van der Waals surface area contributed by atoms with Gasteiger partial charge in [0.2, 0.25) is 0 Å². The molecule has 0 aromatic rings. The van der Waals surface area contributed by atoms with Crippen LogP contribution in [-0.4, -0.2) is 96.0 Å². The van der Waals surface area contributed by atoms with Gasteiger partial charge in [-0.1, -0.05) is 139 Å². The summed E-state index contributed by atoms with van der Waals surface area (Å²) in [5.41, 5.74) is 0. The Morgan fingerprint density at radius 3 is 1.65 bits per heavy atom. The first-order chi connectivity index (χ1) is 27.5. The van der Waals surface area contributed by atoms with E-state index < -0.39 is 71.2 Å². The molecule has 0 amide bonds. The second-order valence-electron chi connectivity index (χ2n) is 14.6. The minimum absolute atomic E-state index is 0.155. The summed E-state index contributed by atoms with van der Waals surface area (Å²) in [4.78, 5) is 25.3. The maximum absolute atomic E-state index is 12.7. The van der Waals surface area contributed by atoms with Crippen LogP contribution in [0.3, 0.4) is 0 Å². The van der Waals surface area contributed by atoms with E-state index in [1.807, 2.05) is 0 Å². The first kappa shape index (κ1) is 52.4. The van der Waals surface area contributed by atoms with Gasteiger partial charge in [0, 0.05) is 12.8 Å². The van der Waals surface area contributed by atoms with Gasteiger partial charge in [0.05, 0.1) is 6.61 Å². The fraction of sp³-hybridized carbons (Fsp3) is 0.727. The van der Waals surface area contributed by atoms with Gasteiger partial charge in [-0.15, -0.1) is 0 Å². The average molecular weight is 827 g/mol. The Labute approximate surface area is 343 Å². The van der Waals surface area contributed by atoms with Gasteiger partial charge < -0.3 is 34.3 Å². The smallest absolute Gasteiger partial charge is 0.306 e. The lowest BCUT2D eigenvalue weighted by Gasteiger charge is -2.40. The molecule has 1 aliphatic heterocycles. The SMILES string of the molecule is CC/C=C/C/C=C/C/C=C/C/C=C/C/C=C/CCCCCC(=O)OC[C@H](CO[C@H]1O[C@H](CS(=O)(=O)O)[C@@H](O)C(O)C1O)OC(=O)CCCCCCCCCCCC. The van der Waals surface area contributed by atoms with E-state index in [-0.39, 0.29) is 19.4 Å². The molecule has 2 unspecified atom stereocenters. The molecule has 0 radical (unpaired) electrons. The highest BCUT2D eigenvalue weighted by Gasteiger charge is 2.46. The molecule has 0 aliphatic carbocycles. The number of hydrogen-bond acceptors (Lipinski definition) is 11. The van der Waals surface area contributed by atoms with E-state index in [1.165, 1.54) is 38.5 Å². The number of carbonyl (C=O) groups is 2. The summed E-state index contributed by atoms with van der Waals surface area (Å²) in [6.07, 6.45) is 31.4. The van der Waals surface area contributed by atoms with Gasteiger partial charge in [0.15, 0.2) is 12.4 Å². The van der Waals surface area contributed by atoms with Crippen LogP contribution in [0.2, 0.25) is 0 Å². The predicted molar refractivity (Wildman–Crippen MR) is 224 cm³/mol. The standard InChI is InChI=1S/C44H74O12S/c1-3-5-7-9-11-13-15-16-17-18-19-20-21-22-23-25-26-28-30-32-39(45)53-34-37(55-40(46)33-31-29-27-24-14-12-10-8-6-4-2)35-54-44-43(49)42(48)41(47)38(56-44)36-57(50,51)52/h5,7,11,13,16-17,19-20,22-23,37-38,41-44,47-49H,3-4,6,8-10,12,14-15,18,21,24-36H2,1-2H3,(H,50,51,52)/b7-5+,13-11+,17-16+,20-19+,23-22+/t37-,38-,41-,42?,43?,44+/m1/s1. The van der Waals surface area contributed by atoms with Crippen LogP contribution in [0.4, 0.5) is 0 Å². The molecule has 0 spiro atoms. The van der Waals surface area contributed by atoms with Crippen molar-refractivity contribution in [3.8, 4) is 0 Å². The molecule has 0 aromatic heterocycles. The van der Waals surface area contributed by atoms with Crippen LogP contribution in [0.25, 0.3) is 0 Å². The van der Waals surface area contributed by atoms with Crippen LogP contribution in [0.15, 0.2) is 60.8 Å². The first-order valence-corrected chi connectivity index (χ1v) is 23.0. The van der Waals surface area contributed by atoms with Gasteiger partial charge in [0.25, 0.3) is 10.1 Å². The molecule has 1 heterocycles. The molecule has 4 N–H and O–H groups in total. The zero-order valence-corrected chi connectivity index (χ0v) is 35.5. The topological polar surface area (TPSA) is 186 Å². The summed E-state index contributed by atoms with van der Waals surface area (Å²) in [5.74, 6) is -2.03. The van der Waals surface area contributed by atoms with E-state index in [0.29, 0.717) is 12.8 Å². The molecule has 0 saturated carbocycles. The van der Waals surface area contributed by atoms with Gasteiger partial charge in [-0.2, -0.15) is 8.42 Å². The monoisotopic (exact) mass is 826 g/mol. The van der Waals surface area contributed by atoms with Gasteiger partial charge in [-0.25, -0.2) is 0 Å². The third-order valence-corrected chi connectivity index (χ3v) is 10.1. The number of ether oxygens (including phenoxy) is 4. The van der Waals surface area contributed by atoms with Crippen molar-refractivity contribution in [1.82, 2.24) is 0 Å². The fourth-order valence-electron chi connectivity index (χ4n) is 6.05. The van der Waals surface area contributed by atoms with E-state index in [9.17, 15) is 37.9 Å². The van der Waals surface area contributed by atoms with Crippen molar-refractivity contribution in [3.63, 3.8) is 0 Å². The lowest BCUT2D eigenvalue weighted by atomic mass is 10.00.